The SMILES string of the molecule is CC1(C2CC2)CN(CCc2ncno2)CCCN1. The predicted molar refractivity (Wildman–Crippen MR) is 68.2 cm³/mol. The number of aromatic nitrogens is 2. The van der Waals surface area contributed by atoms with Crippen molar-refractivity contribution in [3.8, 4) is 0 Å². The van der Waals surface area contributed by atoms with Crippen LogP contribution in [0.25, 0.3) is 0 Å². The summed E-state index contributed by atoms with van der Waals surface area (Å²) in [5.74, 6) is 1.63. The van der Waals surface area contributed by atoms with Crippen LogP contribution < -0.4 is 5.32 Å². The molecule has 2 heterocycles. The molecule has 5 heteroatoms. The molecule has 0 amide bonds. The van der Waals surface area contributed by atoms with Gasteiger partial charge in [0.1, 0.15) is 0 Å². The van der Waals surface area contributed by atoms with Crippen LogP contribution in [0.3, 0.4) is 0 Å². The number of hydrogen-bond acceptors (Lipinski definition) is 5. The van der Waals surface area contributed by atoms with Gasteiger partial charge in [-0.3, -0.25) is 0 Å². The quantitative estimate of drug-likeness (QED) is 0.866. The molecule has 18 heavy (non-hydrogen) atoms. The molecule has 5 nitrogen and oxygen atoms in total. The Balaban J connectivity index is 1.57. The van der Waals surface area contributed by atoms with Crippen LogP contribution in [0.5, 0.6) is 0 Å². The molecule has 0 spiro atoms. The fraction of sp³-hybridized carbons (Fsp3) is 0.846. The minimum Gasteiger partial charge on any atom is -0.340 e. The minimum atomic E-state index is 0.311. The van der Waals surface area contributed by atoms with Gasteiger partial charge in [0, 0.05) is 25.0 Å². The van der Waals surface area contributed by atoms with Crippen LogP contribution in [-0.2, 0) is 6.42 Å². The van der Waals surface area contributed by atoms with E-state index < -0.39 is 0 Å². The van der Waals surface area contributed by atoms with E-state index in [1.807, 2.05) is 0 Å². The molecule has 0 aromatic carbocycles. The maximum absolute atomic E-state index is 5.06. The number of nitrogens with one attached hydrogen (secondary N) is 1. The molecule has 1 aromatic rings. The lowest BCUT2D eigenvalue weighted by molar-refractivity contribution is 0.198. The van der Waals surface area contributed by atoms with Crippen LogP contribution in [0, 0.1) is 5.92 Å². The zero-order valence-corrected chi connectivity index (χ0v) is 11.1. The van der Waals surface area contributed by atoms with Crippen LogP contribution >= 0.6 is 0 Å². The molecule has 2 fully saturated rings. The fourth-order valence-electron chi connectivity index (χ4n) is 3.02. The van der Waals surface area contributed by atoms with Gasteiger partial charge in [0.25, 0.3) is 0 Å². The van der Waals surface area contributed by atoms with Gasteiger partial charge >= 0.3 is 0 Å². The molecule has 1 unspecified atom stereocenters. The molecular formula is C13H22N4O. The van der Waals surface area contributed by atoms with E-state index in [1.165, 1.54) is 32.1 Å². The first-order valence-corrected chi connectivity index (χ1v) is 6.99. The topological polar surface area (TPSA) is 54.2 Å². The lowest BCUT2D eigenvalue weighted by Gasteiger charge is -2.33. The van der Waals surface area contributed by atoms with Crippen molar-refractivity contribution in [2.24, 2.45) is 5.92 Å². The number of hydrogen-bond donors (Lipinski definition) is 1. The Morgan fingerprint density at radius 2 is 2.44 bits per heavy atom. The summed E-state index contributed by atoms with van der Waals surface area (Å²) < 4.78 is 5.06. The van der Waals surface area contributed by atoms with Gasteiger partial charge in [0.05, 0.1) is 0 Å². The van der Waals surface area contributed by atoms with Crippen LogP contribution in [0.4, 0.5) is 0 Å². The second-order valence-electron chi connectivity index (χ2n) is 5.83. The first-order valence-electron chi connectivity index (χ1n) is 6.99. The molecule has 1 N–H and O–H groups in total. The summed E-state index contributed by atoms with van der Waals surface area (Å²) in [5, 5.41) is 7.40. The highest BCUT2D eigenvalue weighted by atomic mass is 16.5. The van der Waals surface area contributed by atoms with Gasteiger partial charge in [0.2, 0.25) is 5.89 Å². The largest absolute Gasteiger partial charge is 0.340 e. The molecule has 3 rings (SSSR count). The molecule has 2 aliphatic rings. The first-order chi connectivity index (χ1) is 8.76. The fourth-order valence-corrected chi connectivity index (χ4v) is 3.02. The molecule has 0 radical (unpaired) electrons. The van der Waals surface area contributed by atoms with E-state index in [9.17, 15) is 0 Å². The van der Waals surface area contributed by atoms with Crippen molar-refractivity contribution in [2.45, 2.75) is 38.1 Å². The van der Waals surface area contributed by atoms with E-state index in [1.54, 1.807) is 0 Å². The van der Waals surface area contributed by atoms with Crippen LogP contribution in [-0.4, -0.2) is 46.8 Å². The van der Waals surface area contributed by atoms with Gasteiger partial charge in [-0.1, -0.05) is 5.16 Å². The maximum atomic E-state index is 5.06. The third-order valence-corrected chi connectivity index (χ3v) is 4.26. The smallest absolute Gasteiger partial charge is 0.227 e. The predicted octanol–water partition coefficient (Wildman–Crippen LogP) is 1.08. The Morgan fingerprint density at radius 3 is 3.17 bits per heavy atom. The highest BCUT2D eigenvalue weighted by molar-refractivity contribution is 5.01. The third-order valence-electron chi connectivity index (χ3n) is 4.26. The van der Waals surface area contributed by atoms with Crippen LogP contribution in [0.1, 0.15) is 32.1 Å². The van der Waals surface area contributed by atoms with E-state index in [2.05, 4.69) is 27.3 Å². The van der Waals surface area contributed by atoms with Crippen molar-refractivity contribution < 1.29 is 4.52 Å². The summed E-state index contributed by atoms with van der Waals surface area (Å²) in [6, 6.07) is 0. The number of nitrogens with zero attached hydrogens (tertiary/aromatic N) is 3. The summed E-state index contributed by atoms with van der Waals surface area (Å²) in [6.07, 6.45) is 6.35. The molecule has 0 bridgehead atoms. The molecule has 1 atom stereocenters. The average Bonchev–Trinajstić information content (AvgIpc) is 3.12. The Hall–Kier alpha value is -0.940. The van der Waals surface area contributed by atoms with E-state index in [4.69, 9.17) is 4.52 Å². The summed E-state index contributed by atoms with van der Waals surface area (Å²) in [6.45, 7) is 6.86. The summed E-state index contributed by atoms with van der Waals surface area (Å²) >= 11 is 0. The Bertz CT molecular complexity index is 376. The lowest BCUT2D eigenvalue weighted by atomic mass is 9.95. The van der Waals surface area contributed by atoms with E-state index >= 15 is 0 Å². The molecule has 1 saturated heterocycles. The third kappa shape index (κ3) is 2.72. The highest BCUT2D eigenvalue weighted by Crippen LogP contribution is 2.40. The van der Waals surface area contributed by atoms with Gasteiger partial charge < -0.3 is 14.7 Å². The average molecular weight is 250 g/mol. The van der Waals surface area contributed by atoms with Crippen molar-refractivity contribution in [1.29, 1.82) is 0 Å². The molecule has 1 saturated carbocycles. The molecular weight excluding hydrogens is 228 g/mol. The Kier molecular flexibility index (Phi) is 3.35. The highest BCUT2D eigenvalue weighted by Gasteiger charge is 2.42. The monoisotopic (exact) mass is 250 g/mol. The maximum Gasteiger partial charge on any atom is 0.227 e. The van der Waals surface area contributed by atoms with Crippen LogP contribution in [0.2, 0.25) is 0 Å². The van der Waals surface area contributed by atoms with Crippen molar-refractivity contribution in [3.63, 3.8) is 0 Å². The minimum absolute atomic E-state index is 0.311. The standard InChI is InChI=1S/C13H22N4O/c1-13(11-3-4-11)9-17(7-2-6-15-13)8-5-12-14-10-16-18-12/h10-11,15H,2-9H2,1H3. The Labute approximate surface area is 108 Å². The van der Waals surface area contributed by atoms with Crippen molar-refractivity contribution in [3.05, 3.63) is 12.2 Å². The van der Waals surface area contributed by atoms with Gasteiger partial charge in [-0.2, -0.15) is 4.98 Å². The van der Waals surface area contributed by atoms with Gasteiger partial charge in [-0.05, 0) is 45.2 Å². The summed E-state index contributed by atoms with van der Waals surface area (Å²) in [5.41, 5.74) is 0.311. The molecule has 100 valence electrons. The second-order valence-corrected chi connectivity index (χ2v) is 5.83. The molecule has 1 aliphatic heterocycles. The van der Waals surface area contributed by atoms with E-state index in [0.717, 1.165) is 37.9 Å². The summed E-state index contributed by atoms with van der Waals surface area (Å²) in [4.78, 5) is 6.63. The van der Waals surface area contributed by atoms with Crippen molar-refractivity contribution in [2.75, 3.05) is 26.2 Å². The van der Waals surface area contributed by atoms with Gasteiger partial charge in [-0.15, -0.1) is 0 Å². The normalized spacial score (nSPS) is 30.3. The lowest BCUT2D eigenvalue weighted by Crippen LogP contribution is -2.51. The summed E-state index contributed by atoms with van der Waals surface area (Å²) in [7, 11) is 0. The van der Waals surface area contributed by atoms with Crippen molar-refractivity contribution >= 4 is 0 Å². The van der Waals surface area contributed by atoms with Crippen molar-refractivity contribution in [1.82, 2.24) is 20.4 Å². The second kappa shape index (κ2) is 4.97. The van der Waals surface area contributed by atoms with Gasteiger partial charge in [-0.25, -0.2) is 0 Å². The zero-order valence-electron chi connectivity index (χ0n) is 11.1. The van der Waals surface area contributed by atoms with E-state index in [-0.39, 0.29) is 0 Å². The zero-order chi connectivity index (χ0) is 12.4. The molecule has 1 aromatic heterocycles. The van der Waals surface area contributed by atoms with Gasteiger partial charge in [0.15, 0.2) is 6.33 Å². The first kappa shape index (κ1) is 12.1. The van der Waals surface area contributed by atoms with E-state index in [0.29, 0.717) is 5.54 Å². The number of rotatable bonds is 4. The van der Waals surface area contributed by atoms with Crippen LogP contribution in [0.15, 0.2) is 10.9 Å². The molecule has 1 aliphatic carbocycles. The Morgan fingerprint density at radius 1 is 1.56 bits per heavy atom.